The predicted molar refractivity (Wildman–Crippen MR) is 73.4 cm³/mol. The van der Waals surface area contributed by atoms with Gasteiger partial charge in [0.05, 0.1) is 12.5 Å². The maximum absolute atomic E-state index is 11.6. The SMILES string of the molecule is O=C1CCC(COC(=O)CCNC(=O)c2ccsc2)N1. The summed E-state index contributed by atoms with van der Waals surface area (Å²) in [5, 5.41) is 8.93. The minimum atomic E-state index is -0.378. The lowest BCUT2D eigenvalue weighted by Gasteiger charge is -2.10. The highest BCUT2D eigenvalue weighted by Gasteiger charge is 2.21. The highest BCUT2D eigenvalue weighted by atomic mass is 32.1. The molecule has 0 spiro atoms. The van der Waals surface area contributed by atoms with Gasteiger partial charge in [0.15, 0.2) is 0 Å². The molecule has 0 saturated carbocycles. The Kier molecular flexibility index (Phi) is 5.11. The lowest BCUT2D eigenvalue weighted by atomic mass is 10.2. The van der Waals surface area contributed by atoms with Gasteiger partial charge >= 0.3 is 5.97 Å². The standard InChI is InChI=1S/C13H16N2O4S/c16-11-2-1-10(15-11)7-19-12(17)3-5-14-13(18)9-4-6-20-8-9/h4,6,8,10H,1-3,5,7H2,(H,14,18)(H,15,16). The van der Waals surface area contributed by atoms with E-state index in [1.807, 2.05) is 5.38 Å². The Morgan fingerprint density at radius 3 is 3.00 bits per heavy atom. The number of carbonyl (C=O) groups is 3. The van der Waals surface area contributed by atoms with Crippen LogP contribution in [0.15, 0.2) is 16.8 Å². The van der Waals surface area contributed by atoms with E-state index in [2.05, 4.69) is 10.6 Å². The molecule has 1 aliphatic rings. The van der Waals surface area contributed by atoms with Crippen LogP contribution in [0.4, 0.5) is 0 Å². The molecular weight excluding hydrogens is 280 g/mol. The predicted octanol–water partition coefficient (Wildman–Crippen LogP) is 0.690. The Morgan fingerprint density at radius 2 is 2.35 bits per heavy atom. The summed E-state index contributed by atoms with van der Waals surface area (Å²) in [5.41, 5.74) is 0.594. The molecule has 1 aromatic heterocycles. The third-order valence-electron chi connectivity index (χ3n) is 2.93. The Bertz CT molecular complexity index is 487. The van der Waals surface area contributed by atoms with Crippen molar-refractivity contribution in [1.82, 2.24) is 10.6 Å². The van der Waals surface area contributed by atoms with Crippen molar-refractivity contribution >= 4 is 29.1 Å². The van der Waals surface area contributed by atoms with Crippen LogP contribution in [0.5, 0.6) is 0 Å². The number of amides is 2. The summed E-state index contributed by atoms with van der Waals surface area (Å²) in [6.45, 7) is 0.438. The summed E-state index contributed by atoms with van der Waals surface area (Å²) in [7, 11) is 0. The Labute approximate surface area is 120 Å². The van der Waals surface area contributed by atoms with E-state index in [1.54, 1.807) is 11.4 Å². The van der Waals surface area contributed by atoms with Crippen LogP contribution in [0.1, 0.15) is 29.6 Å². The molecule has 7 heteroatoms. The summed E-state index contributed by atoms with van der Waals surface area (Å²) in [4.78, 5) is 34.0. The first-order valence-electron chi connectivity index (χ1n) is 6.40. The van der Waals surface area contributed by atoms with Gasteiger partial charge in [-0.15, -0.1) is 0 Å². The average Bonchev–Trinajstić information content (AvgIpc) is 3.07. The third-order valence-corrected chi connectivity index (χ3v) is 3.61. The average molecular weight is 296 g/mol. The minimum absolute atomic E-state index is 0.00549. The molecule has 2 heterocycles. The Balaban J connectivity index is 1.58. The van der Waals surface area contributed by atoms with E-state index in [9.17, 15) is 14.4 Å². The second-order valence-corrected chi connectivity index (χ2v) is 5.28. The van der Waals surface area contributed by atoms with Gasteiger partial charge in [-0.05, 0) is 17.9 Å². The second kappa shape index (κ2) is 7.04. The summed E-state index contributed by atoms with van der Waals surface area (Å²) in [6, 6.07) is 1.65. The monoisotopic (exact) mass is 296 g/mol. The summed E-state index contributed by atoms with van der Waals surface area (Å²) >= 11 is 1.44. The molecule has 0 aromatic carbocycles. The maximum Gasteiger partial charge on any atom is 0.307 e. The Hall–Kier alpha value is -1.89. The summed E-state index contributed by atoms with van der Waals surface area (Å²) in [6.07, 6.45) is 1.30. The molecule has 1 aromatic rings. The molecule has 1 atom stereocenters. The molecule has 1 aliphatic heterocycles. The van der Waals surface area contributed by atoms with Crippen molar-refractivity contribution in [3.63, 3.8) is 0 Å². The molecule has 108 valence electrons. The van der Waals surface area contributed by atoms with Gasteiger partial charge < -0.3 is 15.4 Å². The molecule has 0 aliphatic carbocycles. The van der Waals surface area contributed by atoms with Crippen LogP contribution in [0.2, 0.25) is 0 Å². The van der Waals surface area contributed by atoms with Crippen molar-refractivity contribution in [1.29, 1.82) is 0 Å². The van der Waals surface area contributed by atoms with Crippen molar-refractivity contribution in [3.05, 3.63) is 22.4 Å². The fourth-order valence-corrected chi connectivity index (χ4v) is 2.48. The molecule has 0 radical (unpaired) electrons. The molecular formula is C13H16N2O4S. The van der Waals surface area contributed by atoms with Crippen LogP contribution in [0.3, 0.4) is 0 Å². The van der Waals surface area contributed by atoms with E-state index in [-0.39, 0.29) is 43.4 Å². The molecule has 1 fully saturated rings. The first-order chi connectivity index (χ1) is 9.65. The minimum Gasteiger partial charge on any atom is -0.463 e. The summed E-state index contributed by atoms with van der Waals surface area (Å²) < 4.78 is 5.04. The molecule has 2 amide bonds. The lowest BCUT2D eigenvalue weighted by molar-refractivity contribution is -0.144. The van der Waals surface area contributed by atoms with Gasteiger partial charge in [-0.2, -0.15) is 11.3 Å². The zero-order valence-corrected chi connectivity index (χ0v) is 11.7. The number of ether oxygens (including phenoxy) is 1. The largest absolute Gasteiger partial charge is 0.463 e. The quantitative estimate of drug-likeness (QED) is 0.756. The number of hydrogen-bond donors (Lipinski definition) is 2. The van der Waals surface area contributed by atoms with Crippen molar-refractivity contribution in [2.45, 2.75) is 25.3 Å². The zero-order chi connectivity index (χ0) is 14.4. The Morgan fingerprint density at radius 1 is 1.50 bits per heavy atom. The normalized spacial score (nSPS) is 17.6. The van der Waals surface area contributed by atoms with Gasteiger partial charge in [-0.1, -0.05) is 0 Å². The maximum atomic E-state index is 11.6. The van der Waals surface area contributed by atoms with Gasteiger partial charge in [-0.25, -0.2) is 0 Å². The highest BCUT2D eigenvalue weighted by molar-refractivity contribution is 7.08. The highest BCUT2D eigenvalue weighted by Crippen LogP contribution is 2.07. The number of carbonyl (C=O) groups excluding carboxylic acids is 3. The second-order valence-electron chi connectivity index (χ2n) is 4.50. The van der Waals surface area contributed by atoms with E-state index >= 15 is 0 Å². The molecule has 1 saturated heterocycles. The third kappa shape index (κ3) is 4.34. The topological polar surface area (TPSA) is 84.5 Å². The summed E-state index contributed by atoms with van der Waals surface area (Å²) in [5.74, 6) is -0.576. The van der Waals surface area contributed by atoms with E-state index in [4.69, 9.17) is 4.74 Å². The zero-order valence-electron chi connectivity index (χ0n) is 10.9. The molecule has 0 bridgehead atoms. The van der Waals surface area contributed by atoms with Crippen LogP contribution < -0.4 is 10.6 Å². The fraction of sp³-hybridized carbons (Fsp3) is 0.462. The number of thiophene rings is 1. The van der Waals surface area contributed by atoms with Crippen LogP contribution in [-0.4, -0.2) is 37.0 Å². The van der Waals surface area contributed by atoms with Gasteiger partial charge in [-0.3, -0.25) is 14.4 Å². The van der Waals surface area contributed by atoms with E-state index in [0.717, 1.165) is 0 Å². The number of hydrogen-bond acceptors (Lipinski definition) is 5. The van der Waals surface area contributed by atoms with Crippen LogP contribution in [0, 0.1) is 0 Å². The number of rotatable bonds is 6. The smallest absolute Gasteiger partial charge is 0.307 e. The first-order valence-corrected chi connectivity index (χ1v) is 7.35. The number of nitrogens with one attached hydrogen (secondary N) is 2. The molecule has 1 unspecified atom stereocenters. The van der Waals surface area contributed by atoms with Gasteiger partial charge in [0.25, 0.3) is 5.91 Å². The van der Waals surface area contributed by atoms with Crippen molar-refractivity contribution in [2.75, 3.05) is 13.2 Å². The molecule has 2 N–H and O–H groups in total. The van der Waals surface area contributed by atoms with Crippen LogP contribution >= 0.6 is 11.3 Å². The van der Waals surface area contributed by atoms with E-state index in [0.29, 0.717) is 18.4 Å². The van der Waals surface area contributed by atoms with E-state index < -0.39 is 0 Å². The van der Waals surface area contributed by atoms with Gasteiger partial charge in [0.2, 0.25) is 5.91 Å². The molecule has 6 nitrogen and oxygen atoms in total. The molecule has 20 heavy (non-hydrogen) atoms. The van der Waals surface area contributed by atoms with Crippen molar-refractivity contribution in [3.8, 4) is 0 Å². The van der Waals surface area contributed by atoms with Crippen LogP contribution in [-0.2, 0) is 14.3 Å². The molecule has 2 rings (SSSR count). The van der Waals surface area contributed by atoms with Gasteiger partial charge in [0.1, 0.15) is 6.61 Å². The van der Waals surface area contributed by atoms with Crippen molar-refractivity contribution < 1.29 is 19.1 Å². The first kappa shape index (κ1) is 14.5. The van der Waals surface area contributed by atoms with Crippen molar-refractivity contribution in [2.24, 2.45) is 0 Å². The lowest BCUT2D eigenvalue weighted by Crippen LogP contribution is -2.31. The van der Waals surface area contributed by atoms with Crippen LogP contribution in [0.25, 0.3) is 0 Å². The fourth-order valence-electron chi connectivity index (χ4n) is 1.84. The van der Waals surface area contributed by atoms with Gasteiger partial charge in [0, 0.05) is 23.9 Å². The number of esters is 1. The van der Waals surface area contributed by atoms with E-state index in [1.165, 1.54) is 11.3 Å².